The van der Waals surface area contributed by atoms with Crippen molar-refractivity contribution in [3.05, 3.63) is 28.8 Å². The maximum absolute atomic E-state index is 6.25. The third-order valence-electron chi connectivity index (χ3n) is 3.95. The van der Waals surface area contributed by atoms with Crippen LogP contribution in [0.4, 0.5) is 0 Å². The second-order valence-corrected chi connectivity index (χ2v) is 5.96. The lowest BCUT2D eigenvalue weighted by atomic mass is 10.1. The summed E-state index contributed by atoms with van der Waals surface area (Å²) in [5, 5.41) is 7.36. The van der Waals surface area contributed by atoms with Crippen LogP contribution in [0.3, 0.4) is 0 Å². The minimum Gasteiger partial charge on any atom is -0.497 e. The van der Waals surface area contributed by atoms with E-state index in [4.69, 9.17) is 21.1 Å². The van der Waals surface area contributed by atoms with E-state index in [-0.39, 0.29) is 24.0 Å². The maximum Gasteiger partial charge on any atom is 0.190 e. The van der Waals surface area contributed by atoms with Crippen molar-refractivity contribution in [2.45, 2.75) is 31.8 Å². The average Bonchev–Trinajstić information content (AvgIpc) is 3.08. The van der Waals surface area contributed by atoms with Crippen LogP contribution in [0.2, 0.25) is 5.02 Å². The second-order valence-electron chi connectivity index (χ2n) is 5.56. The van der Waals surface area contributed by atoms with E-state index in [1.807, 2.05) is 18.2 Å². The molecule has 1 atom stereocenters. The fourth-order valence-electron chi connectivity index (χ4n) is 2.62. The fraction of sp³-hybridized carbons (Fsp3) is 0.588. The van der Waals surface area contributed by atoms with Crippen molar-refractivity contribution in [3.63, 3.8) is 0 Å². The zero-order valence-corrected chi connectivity index (χ0v) is 17.4. The monoisotopic (exact) mass is 467 g/mol. The lowest BCUT2D eigenvalue weighted by Gasteiger charge is -2.14. The number of ether oxygens (including phenoxy) is 2. The molecule has 1 unspecified atom stereocenters. The largest absolute Gasteiger partial charge is 0.497 e. The first kappa shape index (κ1) is 21.3. The van der Waals surface area contributed by atoms with Gasteiger partial charge in [0.1, 0.15) is 5.75 Å². The van der Waals surface area contributed by atoms with Gasteiger partial charge in [0.05, 0.1) is 13.2 Å². The van der Waals surface area contributed by atoms with Gasteiger partial charge < -0.3 is 20.1 Å². The van der Waals surface area contributed by atoms with E-state index in [1.54, 1.807) is 14.2 Å². The van der Waals surface area contributed by atoms with Gasteiger partial charge in [0.15, 0.2) is 5.96 Å². The number of hydrogen-bond acceptors (Lipinski definition) is 3. The number of methoxy groups -OCH3 is 1. The standard InChI is InChI=1S/C17H26ClN3O2.HI/c1-19-17(21-10-8-14-4-3-11-23-14)20-9-7-13-5-6-15(22-2)12-16(13)18;/h5-6,12,14H,3-4,7-11H2,1-2H3,(H2,19,20,21);1H. The van der Waals surface area contributed by atoms with E-state index in [9.17, 15) is 0 Å². The van der Waals surface area contributed by atoms with Crippen LogP contribution in [0, 0.1) is 0 Å². The molecule has 1 aliphatic heterocycles. The molecule has 7 heteroatoms. The SMILES string of the molecule is CN=C(NCCc1ccc(OC)cc1Cl)NCCC1CCCO1.I. The molecule has 0 aliphatic carbocycles. The molecule has 136 valence electrons. The highest BCUT2D eigenvalue weighted by Crippen LogP contribution is 2.22. The Balaban J connectivity index is 0.00000288. The smallest absolute Gasteiger partial charge is 0.190 e. The van der Waals surface area contributed by atoms with Crippen LogP contribution in [0.25, 0.3) is 0 Å². The molecular formula is C17H27ClIN3O2. The number of rotatable bonds is 7. The van der Waals surface area contributed by atoms with Gasteiger partial charge in [0.25, 0.3) is 0 Å². The van der Waals surface area contributed by atoms with Crippen molar-refractivity contribution in [1.82, 2.24) is 10.6 Å². The van der Waals surface area contributed by atoms with Gasteiger partial charge in [0.2, 0.25) is 0 Å². The quantitative estimate of drug-likeness (QED) is 0.367. The average molecular weight is 468 g/mol. The molecule has 0 aromatic heterocycles. The molecule has 1 aromatic rings. The molecule has 0 radical (unpaired) electrons. The molecule has 0 bridgehead atoms. The van der Waals surface area contributed by atoms with Crippen LogP contribution in [-0.2, 0) is 11.2 Å². The molecular weight excluding hydrogens is 441 g/mol. The van der Waals surface area contributed by atoms with Gasteiger partial charge in [-0.1, -0.05) is 17.7 Å². The molecule has 2 N–H and O–H groups in total. The summed E-state index contributed by atoms with van der Waals surface area (Å²) in [7, 11) is 3.42. The third kappa shape index (κ3) is 7.03. The number of hydrogen-bond donors (Lipinski definition) is 2. The van der Waals surface area contributed by atoms with E-state index in [0.29, 0.717) is 6.10 Å². The highest BCUT2D eigenvalue weighted by Gasteiger charge is 2.14. The van der Waals surface area contributed by atoms with E-state index in [2.05, 4.69) is 15.6 Å². The summed E-state index contributed by atoms with van der Waals surface area (Å²) >= 11 is 6.25. The number of aliphatic imine (C=N–C) groups is 1. The maximum atomic E-state index is 6.25. The third-order valence-corrected chi connectivity index (χ3v) is 4.31. The molecule has 0 spiro atoms. The van der Waals surface area contributed by atoms with Crippen LogP contribution >= 0.6 is 35.6 Å². The van der Waals surface area contributed by atoms with E-state index < -0.39 is 0 Å². The molecule has 5 nitrogen and oxygen atoms in total. The Morgan fingerprint density at radius 1 is 1.38 bits per heavy atom. The highest BCUT2D eigenvalue weighted by molar-refractivity contribution is 14.0. The summed E-state index contributed by atoms with van der Waals surface area (Å²) < 4.78 is 10.8. The summed E-state index contributed by atoms with van der Waals surface area (Å²) in [6, 6.07) is 5.76. The van der Waals surface area contributed by atoms with Crippen LogP contribution < -0.4 is 15.4 Å². The molecule has 1 aromatic carbocycles. The van der Waals surface area contributed by atoms with Gasteiger partial charge in [-0.05, 0) is 43.4 Å². The van der Waals surface area contributed by atoms with Crippen molar-refractivity contribution >= 4 is 41.5 Å². The fourth-order valence-corrected chi connectivity index (χ4v) is 2.88. The van der Waals surface area contributed by atoms with Crippen LogP contribution in [-0.4, -0.2) is 45.9 Å². The van der Waals surface area contributed by atoms with Gasteiger partial charge in [0, 0.05) is 31.8 Å². The van der Waals surface area contributed by atoms with Crippen molar-refractivity contribution in [3.8, 4) is 5.75 Å². The zero-order chi connectivity index (χ0) is 16.5. The predicted octanol–water partition coefficient (Wildman–Crippen LogP) is 3.24. The molecule has 1 fully saturated rings. The van der Waals surface area contributed by atoms with Gasteiger partial charge in [-0.3, -0.25) is 4.99 Å². The summed E-state index contributed by atoms with van der Waals surface area (Å²) in [5.41, 5.74) is 1.09. The first-order chi connectivity index (χ1) is 11.2. The van der Waals surface area contributed by atoms with Gasteiger partial charge in [-0.2, -0.15) is 0 Å². The molecule has 1 aliphatic rings. The minimum absolute atomic E-state index is 0. The second kappa shape index (κ2) is 11.8. The van der Waals surface area contributed by atoms with Crippen LogP contribution in [0.1, 0.15) is 24.8 Å². The Kier molecular flexibility index (Phi) is 10.4. The van der Waals surface area contributed by atoms with Crippen molar-refractivity contribution < 1.29 is 9.47 Å². The Hall–Kier alpha value is -0.730. The summed E-state index contributed by atoms with van der Waals surface area (Å²) in [6.45, 7) is 2.54. The Morgan fingerprint density at radius 2 is 2.17 bits per heavy atom. The zero-order valence-electron chi connectivity index (χ0n) is 14.3. The Bertz CT molecular complexity index is 523. The Labute approximate surface area is 166 Å². The molecule has 24 heavy (non-hydrogen) atoms. The Morgan fingerprint density at radius 3 is 2.79 bits per heavy atom. The van der Waals surface area contributed by atoms with E-state index in [1.165, 1.54) is 12.8 Å². The number of guanidine groups is 1. The molecule has 0 saturated carbocycles. The molecule has 2 rings (SSSR count). The van der Waals surface area contributed by atoms with Gasteiger partial charge in [-0.15, -0.1) is 24.0 Å². The lowest BCUT2D eigenvalue weighted by Crippen LogP contribution is -2.39. The topological polar surface area (TPSA) is 54.9 Å². The number of nitrogens with one attached hydrogen (secondary N) is 2. The summed E-state index contributed by atoms with van der Waals surface area (Å²) in [5.74, 6) is 1.59. The number of nitrogens with zero attached hydrogens (tertiary/aromatic N) is 1. The number of benzene rings is 1. The predicted molar refractivity (Wildman–Crippen MR) is 110 cm³/mol. The van der Waals surface area contributed by atoms with Crippen molar-refractivity contribution in [2.24, 2.45) is 4.99 Å². The summed E-state index contributed by atoms with van der Waals surface area (Å²) in [6.07, 6.45) is 4.60. The highest BCUT2D eigenvalue weighted by atomic mass is 127. The molecule has 1 saturated heterocycles. The summed E-state index contributed by atoms with van der Waals surface area (Å²) in [4.78, 5) is 4.23. The van der Waals surface area contributed by atoms with Crippen molar-refractivity contribution in [2.75, 3.05) is 33.9 Å². The molecule has 1 heterocycles. The van der Waals surface area contributed by atoms with Gasteiger partial charge in [-0.25, -0.2) is 0 Å². The minimum atomic E-state index is 0. The first-order valence-corrected chi connectivity index (χ1v) is 8.49. The van der Waals surface area contributed by atoms with E-state index in [0.717, 1.165) is 54.8 Å². The lowest BCUT2D eigenvalue weighted by molar-refractivity contribution is 0.105. The van der Waals surface area contributed by atoms with Gasteiger partial charge >= 0.3 is 0 Å². The van der Waals surface area contributed by atoms with Crippen LogP contribution in [0.5, 0.6) is 5.75 Å². The van der Waals surface area contributed by atoms with Crippen LogP contribution in [0.15, 0.2) is 23.2 Å². The molecule has 0 amide bonds. The van der Waals surface area contributed by atoms with E-state index >= 15 is 0 Å². The van der Waals surface area contributed by atoms with Crippen molar-refractivity contribution in [1.29, 1.82) is 0 Å². The number of halogens is 2. The first-order valence-electron chi connectivity index (χ1n) is 8.11. The normalized spacial score (nSPS) is 17.3.